The molecule has 0 aliphatic rings. The molecule has 0 aromatic heterocycles. The van der Waals surface area contributed by atoms with Crippen molar-refractivity contribution in [2.75, 3.05) is 6.61 Å². The maximum atomic E-state index is 9.78. The third kappa shape index (κ3) is 11.9. The summed E-state index contributed by atoms with van der Waals surface area (Å²) in [6.07, 6.45) is 1.81. The zero-order valence-corrected chi connectivity index (χ0v) is 7.59. The first kappa shape index (κ1) is 12.3. The highest BCUT2D eigenvalue weighted by Crippen LogP contribution is 1.81. The highest BCUT2D eigenvalue weighted by molar-refractivity contribution is 4.24. The fourth-order valence-electron chi connectivity index (χ4n) is 0.262. The average molecular weight is 249 g/mol. The van der Waals surface area contributed by atoms with Gasteiger partial charge in [-0.1, -0.05) is 13.3 Å². The van der Waals surface area contributed by atoms with Crippen LogP contribution in [0, 0.1) is 0 Å². The molecule has 0 aromatic carbocycles. The second-order valence-corrected chi connectivity index (χ2v) is 3.06. The van der Waals surface area contributed by atoms with Crippen LogP contribution in [0.4, 0.5) is 0 Å². The Bertz CT molecular complexity index is 53.1. The number of hydrogen-bond donors (Lipinski definition) is 1. The second-order valence-electron chi connectivity index (χ2n) is 1.36. The Morgan fingerprint density at radius 2 is 2.00 bits per heavy atom. The lowest BCUT2D eigenvalue weighted by Crippen LogP contribution is -3.99. The van der Waals surface area contributed by atoms with Crippen LogP contribution in [0.15, 0.2) is 0 Å². The molecule has 58 valence electrons. The summed E-state index contributed by atoms with van der Waals surface area (Å²) in [5, 5.41) is 0. The quantitative estimate of drug-likeness (QED) is 0.406. The first-order valence-electron chi connectivity index (χ1n) is 2.46. The molecule has 0 aliphatic carbocycles. The highest BCUT2D eigenvalue weighted by atomic mass is 127. The van der Waals surface area contributed by atoms with Crippen LogP contribution in [0.25, 0.3) is 0 Å². The molecule has 5 heteroatoms. The van der Waals surface area contributed by atoms with E-state index in [-0.39, 0.29) is 6.15 Å². The first-order valence-corrected chi connectivity index (χ1v) is 5.10. The van der Waals surface area contributed by atoms with Crippen molar-refractivity contribution >= 4 is 0 Å². The van der Waals surface area contributed by atoms with E-state index in [9.17, 15) is 6.87 Å². The summed E-state index contributed by atoms with van der Waals surface area (Å²) >= 11 is -3.34. The zero-order chi connectivity index (χ0) is 6.41. The normalized spacial score (nSPS) is 9.33. The zero-order valence-electron chi connectivity index (χ0n) is 5.43. The van der Waals surface area contributed by atoms with E-state index >= 15 is 0 Å². The van der Waals surface area contributed by atoms with Gasteiger partial charge in [0.05, 0.1) is 0 Å². The summed E-state index contributed by atoms with van der Waals surface area (Å²) in [6.45, 7) is 2.35. The summed E-state index contributed by atoms with van der Waals surface area (Å²) in [6, 6.07) is 0. The van der Waals surface area contributed by atoms with E-state index in [1.54, 1.807) is 0 Å². The van der Waals surface area contributed by atoms with Crippen molar-refractivity contribution < 1.29 is 31.0 Å². The fourth-order valence-corrected chi connectivity index (χ4v) is 0.933. The Morgan fingerprint density at radius 1 is 1.44 bits per heavy atom. The molecular weight excluding hydrogens is 237 g/mol. The summed E-state index contributed by atoms with van der Waals surface area (Å²) in [4.78, 5) is 0. The predicted molar refractivity (Wildman–Crippen MR) is 25.9 cm³/mol. The minimum atomic E-state index is -3.34. The topological polar surface area (TPSA) is 90.3 Å². The molecular formula is C4H12INO3. The molecule has 0 fully saturated rings. The van der Waals surface area contributed by atoms with Crippen molar-refractivity contribution in [3.05, 3.63) is 0 Å². The van der Waals surface area contributed by atoms with Crippen molar-refractivity contribution in [2.24, 2.45) is 0 Å². The lowest BCUT2D eigenvalue weighted by atomic mass is 10.4. The fraction of sp³-hybridized carbons (Fsp3) is 1.00. The summed E-state index contributed by atoms with van der Waals surface area (Å²) in [5.74, 6) is 0. The van der Waals surface area contributed by atoms with Crippen molar-refractivity contribution in [1.29, 1.82) is 0 Å². The van der Waals surface area contributed by atoms with Crippen LogP contribution in [0.5, 0.6) is 0 Å². The molecule has 0 unspecified atom stereocenters. The minimum absolute atomic E-state index is 0. The van der Waals surface area contributed by atoms with Crippen LogP contribution in [-0.2, 0) is 3.07 Å². The van der Waals surface area contributed by atoms with Crippen LogP contribution in [0.2, 0.25) is 0 Å². The van der Waals surface area contributed by atoms with Gasteiger partial charge in [0.1, 0.15) is 6.61 Å². The molecule has 0 amide bonds. The molecule has 0 spiro atoms. The Morgan fingerprint density at radius 3 is 2.33 bits per heavy atom. The van der Waals surface area contributed by atoms with Gasteiger partial charge in [-0.2, -0.15) is 0 Å². The molecule has 0 aliphatic heterocycles. The van der Waals surface area contributed by atoms with Crippen molar-refractivity contribution in [3.8, 4) is 0 Å². The van der Waals surface area contributed by atoms with Crippen LogP contribution < -0.4 is 34.1 Å². The van der Waals surface area contributed by atoms with Crippen LogP contribution in [0.1, 0.15) is 19.8 Å². The van der Waals surface area contributed by atoms with Gasteiger partial charge in [-0.05, 0) is 9.49 Å². The highest BCUT2D eigenvalue weighted by Gasteiger charge is 2.08. The van der Waals surface area contributed by atoms with Crippen LogP contribution in [0.3, 0.4) is 0 Å². The Kier molecular flexibility index (Phi) is 11.7. The monoisotopic (exact) mass is 249 g/mol. The number of halogens is 1. The molecule has 0 atom stereocenters. The number of unbranched alkanes of at least 4 members (excludes halogenated alkanes) is 1. The van der Waals surface area contributed by atoms with E-state index in [1.165, 1.54) is 0 Å². The SMILES string of the molecule is CCCCO[I+2]([O-])[O-].N. The summed E-state index contributed by atoms with van der Waals surface area (Å²) in [7, 11) is 0. The van der Waals surface area contributed by atoms with Gasteiger partial charge in [0.15, 0.2) is 0 Å². The summed E-state index contributed by atoms with van der Waals surface area (Å²) in [5.41, 5.74) is 0. The van der Waals surface area contributed by atoms with E-state index in [1.807, 2.05) is 6.92 Å². The second kappa shape index (κ2) is 8.57. The Labute approximate surface area is 63.8 Å². The first-order chi connectivity index (χ1) is 3.77. The largest absolute Gasteiger partial charge is 0.506 e. The maximum absolute atomic E-state index is 9.78. The Balaban J connectivity index is 0. The predicted octanol–water partition coefficient (Wildman–Crippen LogP) is -3.94. The van der Waals surface area contributed by atoms with Gasteiger partial charge in [0.25, 0.3) is 0 Å². The van der Waals surface area contributed by atoms with E-state index in [0.717, 1.165) is 12.8 Å². The van der Waals surface area contributed by atoms with E-state index in [0.29, 0.717) is 6.61 Å². The van der Waals surface area contributed by atoms with Crippen molar-refractivity contribution in [3.63, 3.8) is 0 Å². The molecule has 0 saturated heterocycles. The van der Waals surface area contributed by atoms with Gasteiger partial charge in [-0.3, -0.25) is 0 Å². The number of hydrogen-bond acceptors (Lipinski definition) is 4. The standard InChI is InChI=1S/C4H9IO3.H3N/c1-2-3-4-8-5(6)7;/h2-4H2,1H3;1H3. The molecule has 0 heterocycles. The third-order valence-corrected chi connectivity index (χ3v) is 1.61. The van der Waals surface area contributed by atoms with E-state index < -0.39 is 21.1 Å². The maximum Gasteiger partial charge on any atom is 0.506 e. The van der Waals surface area contributed by atoms with Crippen molar-refractivity contribution in [2.45, 2.75) is 19.8 Å². The minimum Gasteiger partial charge on any atom is -0.396 e. The molecule has 0 radical (unpaired) electrons. The number of rotatable bonds is 4. The van der Waals surface area contributed by atoms with Crippen molar-refractivity contribution in [1.82, 2.24) is 6.15 Å². The van der Waals surface area contributed by atoms with E-state index in [4.69, 9.17) is 0 Å². The van der Waals surface area contributed by atoms with Gasteiger partial charge in [0.2, 0.25) is 0 Å². The molecule has 9 heavy (non-hydrogen) atoms. The molecule has 4 nitrogen and oxygen atoms in total. The van der Waals surface area contributed by atoms with Gasteiger partial charge >= 0.3 is 21.1 Å². The molecule has 0 rings (SSSR count). The van der Waals surface area contributed by atoms with E-state index in [2.05, 4.69) is 3.07 Å². The molecule has 0 aromatic rings. The van der Waals surface area contributed by atoms with Gasteiger partial charge < -0.3 is 13.0 Å². The van der Waals surface area contributed by atoms with Crippen LogP contribution in [-0.4, -0.2) is 6.61 Å². The molecule has 0 saturated carbocycles. The van der Waals surface area contributed by atoms with Gasteiger partial charge in [-0.25, -0.2) is 0 Å². The Hall–Kier alpha value is 0.570. The molecule has 3 N–H and O–H groups in total. The smallest absolute Gasteiger partial charge is 0.396 e. The third-order valence-electron chi connectivity index (χ3n) is 0.664. The molecule has 0 bridgehead atoms. The lowest BCUT2D eigenvalue weighted by Gasteiger charge is -1.88. The van der Waals surface area contributed by atoms with Gasteiger partial charge in [-0.15, -0.1) is 0 Å². The average Bonchev–Trinajstić information content (AvgIpc) is 1.66. The lowest BCUT2D eigenvalue weighted by molar-refractivity contribution is -1.63. The van der Waals surface area contributed by atoms with Gasteiger partial charge in [0, 0.05) is 0 Å². The summed E-state index contributed by atoms with van der Waals surface area (Å²) < 4.78 is 23.9. The van der Waals surface area contributed by atoms with Crippen LogP contribution >= 0.6 is 0 Å².